The lowest BCUT2D eigenvalue weighted by Gasteiger charge is -2.33. The van der Waals surface area contributed by atoms with Gasteiger partial charge in [0.15, 0.2) is 0 Å². The van der Waals surface area contributed by atoms with Crippen LogP contribution >= 0.6 is 11.3 Å². The molecule has 1 fully saturated rings. The van der Waals surface area contributed by atoms with Crippen molar-refractivity contribution in [2.75, 3.05) is 25.5 Å². The van der Waals surface area contributed by atoms with Crippen LogP contribution in [0, 0.1) is 5.92 Å². The first-order valence-electron chi connectivity index (χ1n) is 5.73. The smallest absolute Gasteiger partial charge is 0.0450 e. The Balaban J connectivity index is 1.83. The van der Waals surface area contributed by atoms with E-state index in [4.69, 9.17) is 0 Å². The van der Waals surface area contributed by atoms with Crippen LogP contribution in [-0.4, -0.2) is 31.1 Å². The van der Waals surface area contributed by atoms with Crippen molar-refractivity contribution >= 4 is 17.0 Å². The van der Waals surface area contributed by atoms with Gasteiger partial charge in [0.25, 0.3) is 0 Å². The third kappa shape index (κ3) is 2.95. The molecule has 2 rings (SSSR count). The number of piperidine rings is 1. The maximum atomic E-state index is 3.60. The normalized spacial score (nSPS) is 21.5. The van der Waals surface area contributed by atoms with Gasteiger partial charge in [-0.2, -0.15) is 11.3 Å². The summed E-state index contributed by atoms with van der Waals surface area (Å²) in [5, 5.41) is 7.91. The first-order chi connectivity index (χ1) is 7.25. The summed E-state index contributed by atoms with van der Waals surface area (Å²) < 4.78 is 0. The second-order valence-electron chi connectivity index (χ2n) is 4.59. The van der Waals surface area contributed by atoms with Gasteiger partial charge in [-0.15, -0.1) is 0 Å². The minimum atomic E-state index is 0.605. The lowest BCUT2D eigenvalue weighted by atomic mass is 9.90. The largest absolute Gasteiger partial charge is 0.382 e. The van der Waals surface area contributed by atoms with Gasteiger partial charge in [0, 0.05) is 17.1 Å². The van der Waals surface area contributed by atoms with E-state index >= 15 is 0 Å². The van der Waals surface area contributed by atoms with Crippen LogP contribution in [0.3, 0.4) is 0 Å². The number of hydrogen-bond donors (Lipinski definition) is 1. The highest BCUT2D eigenvalue weighted by atomic mass is 32.1. The SMILES string of the molecule is CC(Nc1ccsc1)C1CCN(C)CC1. The van der Waals surface area contributed by atoms with Crippen LogP contribution in [0.1, 0.15) is 19.8 Å². The van der Waals surface area contributed by atoms with Gasteiger partial charge in [-0.1, -0.05) is 0 Å². The Bertz CT molecular complexity index is 276. The maximum Gasteiger partial charge on any atom is 0.0450 e. The van der Waals surface area contributed by atoms with E-state index in [0.717, 1.165) is 5.92 Å². The average molecular weight is 224 g/mol. The zero-order valence-corrected chi connectivity index (χ0v) is 10.4. The Kier molecular flexibility index (Phi) is 3.65. The molecule has 3 heteroatoms. The summed E-state index contributed by atoms with van der Waals surface area (Å²) in [6.07, 6.45) is 2.66. The molecule has 0 amide bonds. The summed E-state index contributed by atoms with van der Waals surface area (Å²) >= 11 is 1.76. The zero-order valence-electron chi connectivity index (χ0n) is 9.57. The predicted octanol–water partition coefficient (Wildman–Crippen LogP) is 2.89. The topological polar surface area (TPSA) is 15.3 Å². The molecule has 1 unspecified atom stereocenters. The summed E-state index contributed by atoms with van der Waals surface area (Å²) in [4.78, 5) is 2.42. The molecule has 1 N–H and O–H groups in total. The molecule has 0 bridgehead atoms. The monoisotopic (exact) mass is 224 g/mol. The van der Waals surface area contributed by atoms with Crippen LogP contribution in [-0.2, 0) is 0 Å². The van der Waals surface area contributed by atoms with E-state index in [-0.39, 0.29) is 0 Å². The number of anilines is 1. The molecule has 0 radical (unpaired) electrons. The van der Waals surface area contributed by atoms with Gasteiger partial charge in [0.05, 0.1) is 0 Å². The third-order valence-corrected chi connectivity index (χ3v) is 4.07. The molecule has 0 spiro atoms. The molecule has 2 heterocycles. The summed E-state index contributed by atoms with van der Waals surface area (Å²) in [7, 11) is 2.22. The van der Waals surface area contributed by atoms with E-state index < -0.39 is 0 Å². The zero-order chi connectivity index (χ0) is 10.7. The molecule has 1 aliphatic rings. The number of nitrogens with zero attached hydrogens (tertiary/aromatic N) is 1. The van der Waals surface area contributed by atoms with Crippen molar-refractivity contribution in [3.8, 4) is 0 Å². The number of thiophene rings is 1. The Morgan fingerprint density at radius 1 is 1.47 bits per heavy atom. The standard InChI is InChI=1S/C12H20N2S/c1-10(13-12-5-8-15-9-12)11-3-6-14(2)7-4-11/h5,8-11,13H,3-4,6-7H2,1-2H3. The van der Waals surface area contributed by atoms with Crippen molar-refractivity contribution in [1.29, 1.82) is 0 Å². The molecule has 1 atom stereocenters. The Labute approximate surface area is 96.3 Å². The first-order valence-corrected chi connectivity index (χ1v) is 6.67. The van der Waals surface area contributed by atoms with Crippen LogP contribution in [0.2, 0.25) is 0 Å². The molecule has 0 saturated carbocycles. The molecule has 0 aliphatic carbocycles. The number of nitrogens with one attached hydrogen (secondary N) is 1. The summed E-state index contributed by atoms with van der Waals surface area (Å²) in [5.74, 6) is 0.834. The summed E-state index contributed by atoms with van der Waals surface area (Å²) in [5.41, 5.74) is 1.28. The van der Waals surface area contributed by atoms with Crippen molar-refractivity contribution in [2.24, 2.45) is 5.92 Å². The molecule has 2 nitrogen and oxygen atoms in total. The van der Waals surface area contributed by atoms with E-state index in [1.807, 2.05) is 0 Å². The van der Waals surface area contributed by atoms with Gasteiger partial charge in [-0.3, -0.25) is 0 Å². The van der Waals surface area contributed by atoms with E-state index in [1.165, 1.54) is 31.6 Å². The maximum absolute atomic E-state index is 3.60. The second kappa shape index (κ2) is 4.99. The van der Waals surface area contributed by atoms with Crippen molar-refractivity contribution in [2.45, 2.75) is 25.8 Å². The molecule has 1 aliphatic heterocycles. The van der Waals surface area contributed by atoms with Crippen LogP contribution < -0.4 is 5.32 Å². The van der Waals surface area contributed by atoms with Gasteiger partial charge < -0.3 is 10.2 Å². The molecule has 84 valence electrons. The fraction of sp³-hybridized carbons (Fsp3) is 0.667. The molecule has 0 aromatic carbocycles. The van der Waals surface area contributed by atoms with Gasteiger partial charge in [0.1, 0.15) is 0 Å². The third-order valence-electron chi connectivity index (χ3n) is 3.39. The fourth-order valence-electron chi connectivity index (χ4n) is 2.26. The fourth-order valence-corrected chi connectivity index (χ4v) is 2.85. The summed E-state index contributed by atoms with van der Waals surface area (Å²) in [6, 6.07) is 2.77. The molecular weight excluding hydrogens is 204 g/mol. The number of likely N-dealkylation sites (tertiary alicyclic amines) is 1. The second-order valence-corrected chi connectivity index (χ2v) is 5.37. The molecular formula is C12H20N2S. The van der Waals surface area contributed by atoms with Crippen LogP contribution in [0.4, 0.5) is 5.69 Å². The quantitative estimate of drug-likeness (QED) is 0.849. The van der Waals surface area contributed by atoms with Crippen molar-refractivity contribution in [3.05, 3.63) is 16.8 Å². The van der Waals surface area contributed by atoms with Crippen LogP contribution in [0.15, 0.2) is 16.8 Å². The van der Waals surface area contributed by atoms with Crippen molar-refractivity contribution in [3.63, 3.8) is 0 Å². The van der Waals surface area contributed by atoms with Gasteiger partial charge in [-0.25, -0.2) is 0 Å². The van der Waals surface area contributed by atoms with Gasteiger partial charge in [0.2, 0.25) is 0 Å². The molecule has 15 heavy (non-hydrogen) atoms. The van der Waals surface area contributed by atoms with Gasteiger partial charge in [-0.05, 0) is 57.3 Å². The van der Waals surface area contributed by atoms with Crippen molar-refractivity contribution < 1.29 is 0 Å². The minimum Gasteiger partial charge on any atom is -0.382 e. The highest BCUT2D eigenvalue weighted by Crippen LogP contribution is 2.23. The van der Waals surface area contributed by atoms with Crippen LogP contribution in [0.25, 0.3) is 0 Å². The number of hydrogen-bond acceptors (Lipinski definition) is 3. The van der Waals surface area contributed by atoms with Gasteiger partial charge >= 0.3 is 0 Å². The Hall–Kier alpha value is -0.540. The lowest BCUT2D eigenvalue weighted by Crippen LogP contribution is -2.37. The highest BCUT2D eigenvalue weighted by Gasteiger charge is 2.21. The van der Waals surface area contributed by atoms with E-state index in [1.54, 1.807) is 11.3 Å². The lowest BCUT2D eigenvalue weighted by molar-refractivity contribution is 0.208. The Morgan fingerprint density at radius 3 is 2.80 bits per heavy atom. The first kappa shape index (κ1) is 11.0. The molecule has 1 aromatic heterocycles. The molecule has 1 aromatic rings. The van der Waals surface area contributed by atoms with E-state index in [0.29, 0.717) is 6.04 Å². The summed E-state index contributed by atoms with van der Waals surface area (Å²) in [6.45, 7) is 4.81. The molecule has 1 saturated heterocycles. The van der Waals surface area contributed by atoms with E-state index in [9.17, 15) is 0 Å². The van der Waals surface area contributed by atoms with Crippen molar-refractivity contribution in [1.82, 2.24) is 4.90 Å². The Morgan fingerprint density at radius 2 is 2.20 bits per heavy atom. The number of rotatable bonds is 3. The minimum absolute atomic E-state index is 0.605. The highest BCUT2D eigenvalue weighted by molar-refractivity contribution is 7.08. The van der Waals surface area contributed by atoms with E-state index in [2.05, 4.69) is 41.0 Å². The predicted molar refractivity (Wildman–Crippen MR) is 67.6 cm³/mol. The van der Waals surface area contributed by atoms with Crippen LogP contribution in [0.5, 0.6) is 0 Å². The average Bonchev–Trinajstić information content (AvgIpc) is 2.71.